The van der Waals surface area contributed by atoms with E-state index in [0.717, 1.165) is 18.4 Å². The molecule has 0 atom stereocenters. The summed E-state index contributed by atoms with van der Waals surface area (Å²) >= 11 is 0. The normalized spacial score (nSPS) is 10.2. The number of carbonyl (C=O) groups is 1. The third-order valence-electron chi connectivity index (χ3n) is 2.50. The van der Waals surface area contributed by atoms with Crippen LogP contribution in [0, 0.1) is 0 Å². The largest absolute Gasteiger partial charge is 0.314 e. The lowest BCUT2D eigenvalue weighted by Gasteiger charge is -2.06. The molecule has 0 fully saturated rings. The minimum Gasteiger partial charge on any atom is -0.314 e. The highest BCUT2D eigenvalue weighted by Crippen LogP contribution is 2.13. The van der Waals surface area contributed by atoms with Crippen LogP contribution in [0.5, 0.6) is 0 Å². The lowest BCUT2D eigenvalue weighted by molar-refractivity contribution is 0.111. The van der Waals surface area contributed by atoms with Crippen LogP contribution in [-0.4, -0.2) is 10.9 Å². The van der Waals surface area contributed by atoms with Crippen molar-refractivity contribution in [2.75, 3.05) is 0 Å². The van der Waals surface area contributed by atoms with Gasteiger partial charge in [-0.2, -0.15) is 0 Å². The zero-order chi connectivity index (χ0) is 10.7. The first-order chi connectivity index (χ1) is 7.35. The number of hydrogen-bond acceptors (Lipinski definition) is 1. The van der Waals surface area contributed by atoms with E-state index in [0.29, 0.717) is 5.69 Å². The van der Waals surface area contributed by atoms with Crippen LogP contribution in [0.3, 0.4) is 0 Å². The Bertz CT molecular complexity index is 471. The molecule has 0 unspecified atom stereocenters. The van der Waals surface area contributed by atoms with Gasteiger partial charge in [0.1, 0.15) is 0 Å². The van der Waals surface area contributed by atoms with Crippen molar-refractivity contribution in [2.24, 2.45) is 0 Å². The minimum absolute atomic E-state index is 0.684. The summed E-state index contributed by atoms with van der Waals surface area (Å²) in [5, 5.41) is 0. The maximum atomic E-state index is 10.8. The van der Waals surface area contributed by atoms with Crippen LogP contribution in [0.25, 0.3) is 5.69 Å². The highest BCUT2D eigenvalue weighted by Gasteiger charge is 2.01. The summed E-state index contributed by atoms with van der Waals surface area (Å²) in [6.45, 7) is 2.12. The minimum atomic E-state index is 0.684. The molecule has 2 nitrogen and oxygen atoms in total. The van der Waals surface area contributed by atoms with Crippen molar-refractivity contribution in [2.45, 2.75) is 13.3 Å². The number of carbonyl (C=O) groups excluding carboxylic acids is 1. The average Bonchev–Trinajstić information content (AvgIpc) is 2.77. The first-order valence-corrected chi connectivity index (χ1v) is 5.07. The monoisotopic (exact) mass is 199 g/mol. The second-order valence-corrected chi connectivity index (χ2v) is 3.44. The Morgan fingerprint density at radius 1 is 1.27 bits per heavy atom. The van der Waals surface area contributed by atoms with E-state index in [9.17, 15) is 4.79 Å². The molecular weight excluding hydrogens is 186 g/mol. The predicted molar refractivity (Wildman–Crippen MR) is 60.5 cm³/mol. The van der Waals surface area contributed by atoms with E-state index in [1.54, 1.807) is 0 Å². The van der Waals surface area contributed by atoms with Crippen LogP contribution in [0.4, 0.5) is 0 Å². The maximum absolute atomic E-state index is 10.8. The Kier molecular flexibility index (Phi) is 2.68. The first-order valence-electron chi connectivity index (χ1n) is 5.07. The van der Waals surface area contributed by atoms with Gasteiger partial charge in [0.2, 0.25) is 0 Å². The van der Waals surface area contributed by atoms with Gasteiger partial charge in [0.15, 0.2) is 6.29 Å². The SMILES string of the molecule is CCc1cccc(-n2cccc2C=O)c1. The second kappa shape index (κ2) is 4.13. The highest BCUT2D eigenvalue weighted by atomic mass is 16.1. The fourth-order valence-electron chi connectivity index (χ4n) is 1.65. The molecular formula is C13H13NO. The van der Waals surface area contributed by atoms with Crippen molar-refractivity contribution < 1.29 is 4.79 Å². The molecule has 0 bridgehead atoms. The van der Waals surface area contributed by atoms with Gasteiger partial charge in [0.05, 0.1) is 5.69 Å². The molecule has 0 radical (unpaired) electrons. The van der Waals surface area contributed by atoms with Gasteiger partial charge in [-0.1, -0.05) is 19.1 Å². The van der Waals surface area contributed by atoms with Gasteiger partial charge < -0.3 is 4.57 Å². The number of rotatable bonds is 3. The first kappa shape index (κ1) is 9.71. The number of aldehydes is 1. The molecule has 0 saturated heterocycles. The second-order valence-electron chi connectivity index (χ2n) is 3.44. The van der Waals surface area contributed by atoms with E-state index < -0.39 is 0 Å². The molecule has 0 aliphatic carbocycles. The Morgan fingerprint density at radius 2 is 2.13 bits per heavy atom. The van der Waals surface area contributed by atoms with Crippen molar-refractivity contribution in [3.05, 3.63) is 53.9 Å². The molecule has 0 aliphatic rings. The van der Waals surface area contributed by atoms with E-state index in [1.165, 1.54) is 5.56 Å². The smallest absolute Gasteiger partial charge is 0.166 e. The summed E-state index contributed by atoms with van der Waals surface area (Å²) < 4.78 is 1.90. The Hall–Kier alpha value is -1.83. The summed E-state index contributed by atoms with van der Waals surface area (Å²) in [6.07, 6.45) is 3.78. The molecule has 2 rings (SSSR count). The Balaban J connectivity index is 2.48. The molecule has 0 spiro atoms. The lowest BCUT2D eigenvalue weighted by Crippen LogP contribution is -1.97. The highest BCUT2D eigenvalue weighted by molar-refractivity contribution is 5.73. The zero-order valence-electron chi connectivity index (χ0n) is 8.68. The summed E-state index contributed by atoms with van der Waals surface area (Å²) in [4.78, 5) is 10.8. The van der Waals surface area contributed by atoms with Crippen molar-refractivity contribution >= 4 is 6.29 Å². The summed E-state index contributed by atoms with van der Waals surface area (Å²) in [5.74, 6) is 0. The summed E-state index contributed by atoms with van der Waals surface area (Å²) in [7, 11) is 0. The molecule has 0 amide bonds. The molecule has 0 saturated carbocycles. The van der Waals surface area contributed by atoms with E-state index in [-0.39, 0.29) is 0 Å². The van der Waals surface area contributed by atoms with Crippen molar-refractivity contribution in [3.8, 4) is 5.69 Å². The van der Waals surface area contributed by atoms with Crippen LogP contribution >= 0.6 is 0 Å². The van der Waals surface area contributed by atoms with Gasteiger partial charge in [-0.15, -0.1) is 0 Å². The van der Waals surface area contributed by atoms with Crippen molar-refractivity contribution in [3.63, 3.8) is 0 Å². The van der Waals surface area contributed by atoms with Crippen molar-refractivity contribution in [1.82, 2.24) is 4.57 Å². The third kappa shape index (κ3) is 1.84. The molecule has 0 N–H and O–H groups in total. The Labute approximate surface area is 89.2 Å². The van der Waals surface area contributed by atoms with E-state index >= 15 is 0 Å². The molecule has 76 valence electrons. The van der Waals surface area contributed by atoms with Gasteiger partial charge in [0.25, 0.3) is 0 Å². The van der Waals surface area contributed by atoms with Crippen LogP contribution in [-0.2, 0) is 6.42 Å². The molecule has 15 heavy (non-hydrogen) atoms. The third-order valence-corrected chi connectivity index (χ3v) is 2.50. The molecule has 0 aliphatic heterocycles. The molecule has 1 aromatic carbocycles. The number of hydrogen-bond donors (Lipinski definition) is 0. The van der Waals surface area contributed by atoms with Gasteiger partial charge in [-0.05, 0) is 36.2 Å². The summed E-state index contributed by atoms with van der Waals surface area (Å²) in [6, 6.07) is 11.9. The molecule has 1 heterocycles. The predicted octanol–water partition coefficient (Wildman–Crippen LogP) is 2.85. The fraction of sp³-hybridized carbons (Fsp3) is 0.154. The van der Waals surface area contributed by atoms with Crippen molar-refractivity contribution in [1.29, 1.82) is 0 Å². The zero-order valence-corrected chi connectivity index (χ0v) is 8.68. The van der Waals surface area contributed by atoms with Gasteiger partial charge in [-0.3, -0.25) is 4.79 Å². The quantitative estimate of drug-likeness (QED) is 0.697. The van der Waals surface area contributed by atoms with Crippen LogP contribution in [0.1, 0.15) is 23.0 Å². The van der Waals surface area contributed by atoms with Crippen LogP contribution in [0.15, 0.2) is 42.6 Å². The molecule has 2 aromatic rings. The van der Waals surface area contributed by atoms with E-state index in [4.69, 9.17) is 0 Å². The van der Waals surface area contributed by atoms with Gasteiger partial charge in [-0.25, -0.2) is 0 Å². The topological polar surface area (TPSA) is 22.0 Å². The lowest BCUT2D eigenvalue weighted by atomic mass is 10.1. The number of aryl methyl sites for hydroxylation is 1. The Morgan fingerprint density at radius 3 is 2.87 bits per heavy atom. The molecule has 1 aromatic heterocycles. The molecule has 2 heteroatoms. The van der Waals surface area contributed by atoms with E-state index in [2.05, 4.69) is 19.1 Å². The maximum Gasteiger partial charge on any atom is 0.166 e. The van der Waals surface area contributed by atoms with Gasteiger partial charge in [0, 0.05) is 11.9 Å². The standard InChI is InChI=1S/C13H13NO/c1-2-11-5-3-6-12(9-11)14-8-4-7-13(14)10-15/h3-10H,2H2,1H3. The van der Waals surface area contributed by atoms with Gasteiger partial charge >= 0.3 is 0 Å². The number of benzene rings is 1. The summed E-state index contributed by atoms with van der Waals surface area (Å²) in [5.41, 5.74) is 3.00. The fourth-order valence-corrected chi connectivity index (χ4v) is 1.65. The van der Waals surface area contributed by atoms with E-state index in [1.807, 2.05) is 35.0 Å². The van der Waals surface area contributed by atoms with Crippen LogP contribution < -0.4 is 0 Å². The number of nitrogens with zero attached hydrogens (tertiary/aromatic N) is 1. The number of aromatic nitrogens is 1. The van der Waals surface area contributed by atoms with Crippen LogP contribution in [0.2, 0.25) is 0 Å². The average molecular weight is 199 g/mol.